The predicted molar refractivity (Wildman–Crippen MR) is 69.5 cm³/mol. The second-order valence-corrected chi connectivity index (χ2v) is 3.91. The number of imidazole rings is 1. The number of benzene rings is 1. The minimum atomic E-state index is -0.457. The van der Waals surface area contributed by atoms with Gasteiger partial charge in [0.15, 0.2) is 0 Å². The van der Waals surface area contributed by atoms with Gasteiger partial charge in [-0.05, 0) is 12.6 Å². The van der Waals surface area contributed by atoms with Gasteiger partial charge < -0.3 is 10.5 Å². The van der Waals surface area contributed by atoms with E-state index in [0.717, 1.165) is 5.69 Å². The Labute approximate surface area is 109 Å². The highest BCUT2D eigenvalue weighted by molar-refractivity contribution is 5.53. The predicted octanol–water partition coefficient (Wildman–Crippen LogP) is 1.29. The average Bonchev–Trinajstić information content (AvgIpc) is 2.86. The number of nitro groups is 1. The van der Waals surface area contributed by atoms with Crippen LogP contribution in [0.3, 0.4) is 0 Å². The fourth-order valence-corrected chi connectivity index (χ4v) is 1.85. The first kappa shape index (κ1) is 13.0. The molecule has 0 spiro atoms. The van der Waals surface area contributed by atoms with E-state index in [2.05, 4.69) is 4.98 Å². The number of nitro benzene ring substituents is 1. The number of hydrogen-bond acceptors (Lipinski definition) is 5. The Kier molecular flexibility index (Phi) is 3.76. The van der Waals surface area contributed by atoms with Gasteiger partial charge in [-0.1, -0.05) is 0 Å². The van der Waals surface area contributed by atoms with Crippen molar-refractivity contribution in [2.24, 2.45) is 5.73 Å². The lowest BCUT2D eigenvalue weighted by Crippen LogP contribution is -2.08. The van der Waals surface area contributed by atoms with Crippen LogP contribution in [0.4, 0.5) is 5.69 Å². The molecule has 0 aliphatic rings. The van der Waals surface area contributed by atoms with Crippen LogP contribution in [0.15, 0.2) is 30.7 Å². The van der Waals surface area contributed by atoms with Crippen molar-refractivity contribution in [1.29, 1.82) is 0 Å². The van der Waals surface area contributed by atoms with Gasteiger partial charge >= 0.3 is 0 Å². The highest BCUT2D eigenvalue weighted by Gasteiger charge is 2.14. The molecular formula is C12H14N4O3. The molecule has 0 aliphatic carbocycles. The number of nitrogens with zero attached hydrogens (tertiary/aromatic N) is 3. The first-order valence-electron chi connectivity index (χ1n) is 5.71. The first-order chi connectivity index (χ1) is 9.17. The maximum absolute atomic E-state index is 10.8. The fourth-order valence-electron chi connectivity index (χ4n) is 1.85. The van der Waals surface area contributed by atoms with Gasteiger partial charge in [0.1, 0.15) is 5.75 Å². The summed E-state index contributed by atoms with van der Waals surface area (Å²) in [5, 5.41) is 10.8. The molecule has 0 amide bonds. The Morgan fingerprint density at radius 3 is 2.95 bits per heavy atom. The van der Waals surface area contributed by atoms with E-state index in [4.69, 9.17) is 10.5 Å². The van der Waals surface area contributed by atoms with Crippen LogP contribution in [0.5, 0.6) is 5.75 Å². The molecule has 0 unspecified atom stereocenters. The van der Waals surface area contributed by atoms with Crippen LogP contribution in [0.1, 0.15) is 5.69 Å². The molecule has 7 nitrogen and oxygen atoms in total. The number of methoxy groups -OCH3 is 1. The maximum Gasteiger partial charge on any atom is 0.273 e. The maximum atomic E-state index is 10.8. The van der Waals surface area contributed by atoms with E-state index < -0.39 is 4.92 Å². The molecule has 0 radical (unpaired) electrons. The molecule has 0 saturated carbocycles. The molecule has 1 heterocycles. The van der Waals surface area contributed by atoms with Gasteiger partial charge in [0.05, 0.1) is 30.1 Å². The van der Waals surface area contributed by atoms with Crippen LogP contribution in [-0.4, -0.2) is 28.1 Å². The topological polar surface area (TPSA) is 96.2 Å². The smallest absolute Gasteiger partial charge is 0.273 e. The quantitative estimate of drug-likeness (QED) is 0.647. The fraction of sp³-hybridized carbons (Fsp3) is 0.250. The number of ether oxygens (including phenoxy) is 1. The van der Waals surface area contributed by atoms with Crippen molar-refractivity contribution in [1.82, 2.24) is 9.55 Å². The third kappa shape index (κ3) is 2.55. The summed E-state index contributed by atoms with van der Waals surface area (Å²) in [4.78, 5) is 14.4. The summed E-state index contributed by atoms with van der Waals surface area (Å²) in [6, 6.07) is 4.46. The molecule has 19 heavy (non-hydrogen) atoms. The van der Waals surface area contributed by atoms with Crippen molar-refractivity contribution in [2.75, 3.05) is 13.7 Å². The molecule has 1 aromatic carbocycles. The Morgan fingerprint density at radius 1 is 1.53 bits per heavy atom. The highest BCUT2D eigenvalue weighted by atomic mass is 16.6. The Balaban J connectivity index is 2.49. The normalized spacial score (nSPS) is 10.4. The van der Waals surface area contributed by atoms with Crippen LogP contribution in [0.2, 0.25) is 0 Å². The second kappa shape index (κ2) is 5.49. The third-order valence-corrected chi connectivity index (χ3v) is 2.75. The highest BCUT2D eigenvalue weighted by Crippen LogP contribution is 2.28. The summed E-state index contributed by atoms with van der Waals surface area (Å²) >= 11 is 0. The van der Waals surface area contributed by atoms with Crippen LogP contribution in [-0.2, 0) is 6.42 Å². The van der Waals surface area contributed by atoms with E-state index in [1.54, 1.807) is 18.6 Å². The summed E-state index contributed by atoms with van der Waals surface area (Å²) < 4.78 is 7.02. The van der Waals surface area contributed by atoms with Crippen molar-refractivity contribution < 1.29 is 9.66 Å². The minimum absolute atomic E-state index is 0.0129. The zero-order valence-electron chi connectivity index (χ0n) is 10.4. The second-order valence-electron chi connectivity index (χ2n) is 3.91. The third-order valence-electron chi connectivity index (χ3n) is 2.75. The van der Waals surface area contributed by atoms with Gasteiger partial charge in [0.25, 0.3) is 5.69 Å². The van der Waals surface area contributed by atoms with Crippen LogP contribution >= 0.6 is 0 Å². The molecule has 2 aromatic rings. The van der Waals surface area contributed by atoms with Gasteiger partial charge in [-0.3, -0.25) is 14.7 Å². The van der Waals surface area contributed by atoms with E-state index >= 15 is 0 Å². The average molecular weight is 262 g/mol. The van der Waals surface area contributed by atoms with Gasteiger partial charge in [-0.15, -0.1) is 0 Å². The van der Waals surface area contributed by atoms with E-state index in [1.165, 1.54) is 19.2 Å². The van der Waals surface area contributed by atoms with Gasteiger partial charge in [0.2, 0.25) is 0 Å². The van der Waals surface area contributed by atoms with Gasteiger partial charge in [-0.2, -0.15) is 0 Å². The molecule has 2 N–H and O–H groups in total. The van der Waals surface area contributed by atoms with Gasteiger partial charge in [-0.25, -0.2) is 4.98 Å². The molecule has 1 aromatic heterocycles. The van der Waals surface area contributed by atoms with Crippen molar-refractivity contribution in [3.05, 3.63) is 46.5 Å². The minimum Gasteiger partial charge on any atom is -0.494 e. The molecule has 0 saturated heterocycles. The summed E-state index contributed by atoms with van der Waals surface area (Å²) in [5.41, 5.74) is 7.15. The number of nitrogens with two attached hydrogens (primary N) is 1. The first-order valence-corrected chi connectivity index (χ1v) is 5.71. The lowest BCUT2D eigenvalue weighted by Gasteiger charge is -2.11. The molecule has 0 atom stereocenters. The Hall–Kier alpha value is -2.41. The lowest BCUT2D eigenvalue weighted by molar-refractivity contribution is -0.384. The molecule has 0 aliphatic heterocycles. The largest absolute Gasteiger partial charge is 0.494 e. The van der Waals surface area contributed by atoms with E-state index in [-0.39, 0.29) is 5.69 Å². The standard InChI is InChI=1S/C12H14N4O3/c1-19-12-6-9(16(17)18)2-3-11(12)15-8-14-7-10(15)4-5-13/h2-3,6-8H,4-5,13H2,1H3. The zero-order chi connectivity index (χ0) is 13.8. The van der Waals surface area contributed by atoms with E-state index in [0.29, 0.717) is 24.4 Å². The summed E-state index contributed by atoms with van der Waals surface area (Å²) in [5.74, 6) is 0.422. The van der Waals surface area contributed by atoms with Crippen molar-refractivity contribution in [2.45, 2.75) is 6.42 Å². The zero-order valence-corrected chi connectivity index (χ0v) is 10.4. The number of aromatic nitrogens is 2. The van der Waals surface area contributed by atoms with E-state index in [1.807, 2.05) is 4.57 Å². The molecule has 2 rings (SSSR count). The molecule has 100 valence electrons. The summed E-state index contributed by atoms with van der Waals surface area (Å²) in [6.45, 7) is 0.501. The SMILES string of the molecule is COc1cc([N+](=O)[O-])ccc1-n1cncc1CCN. The van der Waals surface area contributed by atoms with Crippen molar-refractivity contribution in [3.8, 4) is 11.4 Å². The Bertz CT molecular complexity index is 594. The van der Waals surface area contributed by atoms with Crippen LogP contribution in [0, 0.1) is 10.1 Å². The van der Waals surface area contributed by atoms with Crippen LogP contribution < -0.4 is 10.5 Å². The van der Waals surface area contributed by atoms with Gasteiger partial charge in [0, 0.05) is 24.4 Å². The lowest BCUT2D eigenvalue weighted by atomic mass is 10.2. The number of non-ortho nitro benzene ring substituents is 1. The van der Waals surface area contributed by atoms with Crippen LogP contribution in [0.25, 0.3) is 5.69 Å². The van der Waals surface area contributed by atoms with Crippen molar-refractivity contribution >= 4 is 5.69 Å². The molecule has 7 heteroatoms. The monoisotopic (exact) mass is 262 g/mol. The van der Waals surface area contributed by atoms with Crippen molar-refractivity contribution in [3.63, 3.8) is 0 Å². The molecular weight excluding hydrogens is 248 g/mol. The summed E-state index contributed by atoms with van der Waals surface area (Å²) in [7, 11) is 1.47. The Morgan fingerprint density at radius 2 is 2.32 bits per heavy atom. The van der Waals surface area contributed by atoms with E-state index in [9.17, 15) is 10.1 Å². The molecule has 0 fully saturated rings. The number of rotatable bonds is 5. The number of hydrogen-bond donors (Lipinski definition) is 1. The molecule has 0 bridgehead atoms. The summed E-state index contributed by atoms with van der Waals surface area (Å²) in [6.07, 6.45) is 4.02.